The van der Waals surface area contributed by atoms with Gasteiger partial charge in [0.25, 0.3) is 10.0 Å². The Morgan fingerprint density at radius 1 is 1.25 bits per heavy atom. The highest BCUT2D eigenvalue weighted by Crippen LogP contribution is 2.37. The Bertz CT molecular complexity index is 777. The number of hydrogen-bond donors (Lipinski definition) is 1. The first-order chi connectivity index (χ1) is 9.51. The fourth-order valence-electron chi connectivity index (χ4n) is 2.36. The van der Waals surface area contributed by atoms with Crippen molar-refractivity contribution in [2.45, 2.75) is 11.4 Å². The molecule has 3 rings (SSSR count). The first-order valence-corrected chi connectivity index (χ1v) is 7.46. The van der Waals surface area contributed by atoms with Gasteiger partial charge in [0.1, 0.15) is 0 Å². The van der Waals surface area contributed by atoms with Crippen molar-refractivity contribution >= 4 is 21.4 Å². The molecule has 0 saturated carbocycles. The topological polar surface area (TPSA) is 76.3 Å². The Morgan fingerprint density at radius 3 is 2.80 bits per heavy atom. The van der Waals surface area contributed by atoms with Crippen LogP contribution in [0.25, 0.3) is 0 Å². The van der Waals surface area contributed by atoms with Crippen LogP contribution in [0, 0.1) is 5.82 Å². The smallest absolute Gasteiger partial charge is 0.284 e. The number of hydrogen-bond acceptors (Lipinski definition) is 4. The van der Waals surface area contributed by atoms with Crippen LogP contribution in [0.15, 0.2) is 41.6 Å². The number of fused-ring (bicyclic) bond motifs is 1. The van der Waals surface area contributed by atoms with Gasteiger partial charge in [-0.05, 0) is 30.2 Å². The van der Waals surface area contributed by atoms with Crippen molar-refractivity contribution in [3.8, 4) is 0 Å². The number of nitrogens with two attached hydrogens (primary N) is 1. The third-order valence-electron chi connectivity index (χ3n) is 3.24. The maximum Gasteiger partial charge on any atom is 0.284 e. The van der Waals surface area contributed by atoms with Crippen LogP contribution >= 0.6 is 0 Å². The summed E-state index contributed by atoms with van der Waals surface area (Å²) in [7, 11) is -4.04. The first kappa shape index (κ1) is 12.9. The quantitative estimate of drug-likeness (QED) is 0.852. The highest BCUT2D eigenvalue weighted by atomic mass is 32.2. The lowest BCUT2D eigenvalue weighted by Gasteiger charge is -2.20. The van der Waals surface area contributed by atoms with Crippen molar-refractivity contribution in [3.63, 3.8) is 0 Å². The van der Waals surface area contributed by atoms with E-state index < -0.39 is 20.9 Å². The molecule has 0 amide bonds. The summed E-state index contributed by atoms with van der Waals surface area (Å²) in [5, 5.41) is -0.573. The molecule has 2 aromatic rings. The molecule has 2 heterocycles. The first-order valence-electron chi connectivity index (χ1n) is 6.02. The zero-order chi connectivity index (χ0) is 14.3. The fourth-order valence-corrected chi connectivity index (χ4v) is 3.87. The average molecular weight is 293 g/mol. The highest BCUT2D eigenvalue weighted by Gasteiger charge is 2.34. The van der Waals surface area contributed by atoms with Crippen molar-refractivity contribution in [2.24, 2.45) is 0 Å². The largest absolute Gasteiger partial charge is 0.397 e. The molecule has 104 valence electrons. The molecule has 0 saturated heterocycles. The number of pyridine rings is 1. The molecule has 0 bridgehead atoms. The zero-order valence-corrected chi connectivity index (χ0v) is 11.3. The molecule has 0 fully saturated rings. The molecule has 1 aliphatic heterocycles. The van der Waals surface area contributed by atoms with Crippen LogP contribution in [-0.4, -0.2) is 19.9 Å². The standard InChI is InChI=1S/C13H12FN3O2S/c14-10-4-2-7-16-13(10)20(18,19)17-8-6-9-3-1-5-11(15)12(9)17/h1-5,7H,6,8,15H2. The van der Waals surface area contributed by atoms with Gasteiger partial charge in [-0.3, -0.25) is 4.31 Å². The van der Waals surface area contributed by atoms with E-state index in [-0.39, 0.29) is 6.54 Å². The van der Waals surface area contributed by atoms with Crippen LogP contribution in [0.4, 0.5) is 15.8 Å². The minimum atomic E-state index is -4.04. The number of nitrogen functional groups attached to an aromatic ring is 1. The van der Waals surface area contributed by atoms with Crippen molar-refractivity contribution in [1.29, 1.82) is 0 Å². The Kier molecular flexibility index (Phi) is 2.86. The number of rotatable bonds is 2. The lowest BCUT2D eigenvalue weighted by molar-refractivity contribution is 0.551. The number of benzene rings is 1. The van der Waals surface area contributed by atoms with Crippen LogP contribution in [0.5, 0.6) is 0 Å². The van der Waals surface area contributed by atoms with Crippen molar-refractivity contribution in [2.75, 3.05) is 16.6 Å². The second kappa shape index (κ2) is 4.45. The summed E-state index contributed by atoms with van der Waals surface area (Å²) in [5.74, 6) is -0.865. The molecule has 0 aliphatic carbocycles. The van der Waals surface area contributed by atoms with Crippen molar-refractivity contribution in [3.05, 3.63) is 47.9 Å². The van der Waals surface area contributed by atoms with Gasteiger partial charge < -0.3 is 5.73 Å². The van der Waals surface area contributed by atoms with Gasteiger partial charge in [0, 0.05) is 12.7 Å². The van der Waals surface area contributed by atoms with E-state index in [0.717, 1.165) is 15.9 Å². The fraction of sp³-hybridized carbons (Fsp3) is 0.154. The lowest BCUT2D eigenvalue weighted by atomic mass is 10.1. The van der Waals surface area contributed by atoms with Crippen LogP contribution in [-0.2, 0) is 16.4 Å². The summed E-state index contributed by atoms with van der Waals surface area (Å²) in [6, 6.07) is 7.63. The van der Waals surface area contributed by atoms with E-state index in [1.54, 1.807) is 12.1 Å². The van der Waals surface area contributed by atoms with Gasteiger partial charge in [0.2, 0.25) is 5.03 Å². The second-order valence-corrected chi connectivity index (χ2v) is 6.25. The van der Waals surface area contributed by atoms with E-state index >= 15 is 0 Å². The number of aromatic nitrogens is 1. The summed E-state index contributed by atoms with van der Waals surface area (Å²) >= 11 is 0. The summed E-state index contributed by atoms with van der Waals surface area (Å²) < 4.78 is 39.9. The summed E-state index contributed by atoms with van der Waals surface area (Å²) in [6.45, 7) is 0.238. The van der Waals surface area contributed by atoms with E-state index in [4.69, 9.17) is 5.73 Å². The van der Waals surface area contributed by atoms with Gasteiger partial charge >= 0.3 is 0 Å². The van der Waals surface area contributed by atoms with E-state index in [2.05, 4.69) is 4.98 Å². The second-order valence-electron chi connectivity index (χ2n) is 4.47. The van der Waals surface area contributed by atoms with E-state index in [9.17, 15) is 12.8 Å². The molecular weight excluding hydrogens is 281 g/mol. The average Bonchev–Trinajstić information content (AvgIpc) is 2.85. The molecule has 7 heteroatoms. The predicted molar refractivity (Wildman–Crippen MR) is 73.3 cm³/mol. The SMILES string of the molecule is Nc1cccc2c1N(S(=O)(=O)c1ncccc1F)CC2. The van der Waals surface area contributed by atoms with E-state index in [0.29, 0.717) is 17.8 Å². The molecule has 0 radical (unpaired) electrons. The minimum absolute atomic E-state index is 0.238. The van der Waals surface area contributed by atoms with E-state index in [1.807, 2.05) is 6.07 Å². The molecule has 0 unspecified atom stereocenters. The summed E-state index contributed by atoms with van der Waals surface area (Å²) in [6.07, 6.45) is 1.80. The molecule has 2 N–H and O–H groups in total. The van der Waals surface area contributed by atoms with Gasteiger partial charge in [0.05, 0.1) is 11.4 Å². The molecule has 0 spiro atoms. The van der Waals surface area contributed by atoms with Gasteiger partial charge in [-0.1, -0.05) is 12.1 Å². The normalized spacial score (nSPS) is 14.3. The van der Waals surface area contributed by atoms with Crippen LogP contribution in [0.3, 0.4) is 0 Å². The number of anilines is 2. The zero-order valence-electron chi connectivity index (χ0n) is 10.5. The third-order valence-corrected chi connectivity index (χ3v) is 4.98. The molecule has 1 aliphatic rings. The highest BCUT2D eigenvalue weighted by molar-refractivity contribution is 7.92. The number of sulfonamides is 1. The van der Waals surface area contributed by atoms with Gasteiger partial charge in [-0.2, -0.15) is 8.42 Å². The maximum absolute atomic E-state index is 13.7. The predicted octanol–water partition coefficient (Wildman–Crippen LogP) is 1.55. The maximum atomic E-state index is 13.7. The Balaban J connectivity index is 2.15. The summed E-state index contributed by atoms with van der Waals surface area (Å²) in [5.41, 5.74) is 7.48. The monoisotopic (exact) mass is 293 g/mol. The van der Waals surface area contributed by atoms with Crippen LogP contribution in [0.1, 0.15) is 5.56 Å². The number of halogens is 1. The minimum Gasteiger partial charge on any atom is -0.397 e. The Hall–Kier alpha value is -2.15. The van der Waals surface area contributed by atoms with Crippen LogP contribution in [0.2, 0.25) is 0 Å². The molecule has 0 atom stereocenters. The lowest BCUT2D eigenvalue weighted by Crippen LogP contribution is -2.31. The number of para-hydroxylation sites is 1. The summed E-state index contributed by atoms with van der Waals surface area (Å²) in [4.78, 5) is 3.65. The van der Waals surface area contributed by atoms with Crippen molar-refractivity contribution < 1.29 is 12.8 Å². The van der Waals surface area contributed by atoms with Gasteiger partial charge in [-0.25, -0.2) is 9.37 Å². The third kappa shape index (κ3) is 1.82. The van der Waals surface area contributed by atoms with Gasteiger partial charge in [0.15, 0.2) is 5.82 Å². The molecule has 5 nitrogen and oxygen atoms in total. The number of nitrogens with zero attached hydrogens (tertiary/aromatic N) is 2. The Morgan fingerprint density at radius 2 is 2.05 bits per heavy atom. The molecule has 20 heavy (non-hydrogen) atoms. The van der Waals surface area contributed by atoms with Gasteiger partial charge in [-0.15, -0.1) is 0 Å². The molecule has 1 aromatic heterocycles. The van der Waals surface area contributed by atoms with E-state index in [1.165, 1.54) is 12.3 Å². The molecule has 1 aromatic carbocycles. The van der Waals surface area contributed by atoms with Crippen LogP contribution < -0.4 is 10.0 Å². The van der Waals surface area contributed by atoms with Crippen molar-refractivity contribution in [1.82, 2.24) is 4.98 Å². The Labute approximate surface area is 115 Å². The molecular formula is C13H12FN3O2S.